The van der Waals surface area contributed by atoms with Crippen molar-refractivity contribution >= 4 is 16.7 Å². The van der Waals surface area contributed by atoms with Gasteiger partial charge in [0, 0.05) is 44.4 Å². The molecule has 0 N–H and O–H groups in total. The van der Waals surface area contributed by atoms with E-state index in [0.29, 0.717) is 29.8 Å². The van der Waals surface area contributed by atoms with Crippen LogP contribution in [-0.2, 0) is 7.05 Å². The smallest absolute Gasteiger partial charge is 0.252 e. The van der Waals surface area contributed by atoms with Gasteiger partial charge in [0.2, 0.25) is 0 Å². The van der Waals surface area contributed by atoms with Gasteiger partial charge in [0.25, 0.3) is 5.56 Å². The average molecular weight is 487 g/mol. The molecule has 1 unspecified atom stereocenters. The van der Waals surface area contributed by atoms with Crippen molar-refractivity contribution in [2.24, 2.45) is 7.05 Å². The predicted molar refractivity (Wildman–Crippen MR) is 134 cm³/mol. The number of nitriles is 1. The second-order valence-electron chi connectivity index (χ2n) is 9.24. The molecule has 1 aliphatic heterocycles. The molecule has 1 aromatic carbocycles. The zero-order valence-corrected chi connectivity index (χ0v) is 20.4. The number of pyridine rings is 2. The van der Waals surface area contributed by atoms with Crippen molar-refractivity contribution in [3.8, 4) is 6.07 Å². The number of benzene rings is 1. The Morgan fingerprint density at radius 2 is 1.97 bits per heavy atom. The van der Waals surface area contributed by atoms with Gasteiger partial charge < -0.3 is 14.0 Å². The third kappa shape index (κ3) is 4.14. The summed E-state index contributed by atoms with van der Waals surface area (Å²) in [7, 11) is 1.71. The fraction of sp³-hybridized carbons (Fsp3) is 0.333. The number of anilines is 1. The normalized spacial score (nSPS) is 19.4. The summed E-state index contributed by atoms with van der Waals surface area (Å²) in [6, 6.07) is 15.4. The van der Waals surface area contributed by atoms with Gasteiger partial charge in [0.05, 0.1) is 17.2 Å². The highest BCUT2D eigenvalue weighted by Crippen LogP contribution is 2.36. The number of hydrogen-bond donors (Lipinski definition) is 0. The number of aryl methyl sites for hydroxylation is 1. The number of rotatable bonds is 5. The lowest BCUT2D eigenvalue weighted by Gasteiger charge is -2.49. The van der Waals surface area contributed by atoms with Gasteiger partial charge in [-0.15, -0.1) is 0 Å². The summed E-state index contributed by atoms with van der Waals surface area (Å²) in [6.07, 6.45) is 2.40. The Bertz CT molecular complexity index is 1480. The molecule has 0 aliphatic carbocycles. The van der Waals surface area contributed by atoms with E-state index in [1.54, 1.807) is 48.2 Å². The maximum atomic E-state index is 13.7. The summed E-state index contributed by atoms with van der Waals surface area (Å²) in [5.41, 5.74) is 3.94. The lowest BCUT2D eigenvalue weighted by Crippen LogP contribution is -2.58. The maximum absolute atomic E-state index is 13.7. The Balaban J connectivity index is 1.57. The second-order valence-corrected chi connectivity index (χ2v) is 9.24. The van der Waals surface area contributed by atoms with Crippen molar-refractivity contribution in [3.63, 3.8) is 0 Å². The van der Waals surface area contributed by atoms with Gasteiger partial charge in [-0.3, -0.25) is 9.69 Å². The third-order valence-corrected chi connectivity index (χ3v) is 7.10. The van der Waals surface area contributed by atoms with Crippen LogP contribution >= 0.6 is 0 Å². The van der Waals surface area contributed by atoms with Crippen LogP contribution in [0.5, 0.6) is 0 Å². The number of halogens is 1. The molecule has 9 heteroatoms. The number of fused-ring (bicyclic) bond motifs is 1. The van der Waals surface area contributed by atoms with Crippen molar-refractivity contribution in [2.45, 2.75) is 38.4 Å². The zero-order valence-electron chi connectivity index (χ0n) is 20.4. The van der Waals surface area contributed by atoms with Gasteiger partial charge in [0.15, 0.2) is 0 Å². The first-order valence-electron chi connectivity index (χ1n) is 12.0. The molecule has 1 aliphatic rings. The topological polar surface area (TPSA) is 91.2 Å². The van der Waals surface area contributed by atoms with Crippen molar-refractivity contribution < 1.29 is 8.91 Å². The van der Waals surface area contributed by atoms with Crippen LogP contribution in [-0.4, -0.2) is 44.8 Å². The van der Waals surface area contributed by atoms with Crippen LogP contribution < -0.4 is 10.5 Å². The molecule has 1 fully saturated rings. The fourth-order valence-corrected chi connectivity index (χ4v) is 5.21. The van der Waals surface area contributed by atoms with E-state index in [1.807, 2.05) is 6.07 Å². The van der Waals surface area contributed by atoms with Crippen molar-refractivity contribution in [3.05, 3.63) is 87.9 Å². The summed E-state index contributed by atoms with van der Waals surface area (Å²) in [5.74, 6) is -0.287. The second kappa shape index (κ2) is 9.55. The largest absolute Gasteiger partial charge is 0.364 e. The molecule has 0 spiro atoms. The summed E-state index contributed by atoms with van der Waals surface area (Å²) in [6.45, 7) is 5.56. The molecular weight excluding hydrogens is 459 g/mol. The summed E-state index contributed by atoms with van der Waals surface area (Å²) >= 11 is 0. The molecule has 0 bridgehead atoms. The van der Waals surface area contributed by atoms with E-state index < -0.39 is 0 Å². The third-order valence-electron chi connectivity index (χ3n) is 7.10. The van der Waals surface area contributed by atoms with Crippen molar-refractivity contribution in [1.29, 1.82) is 5.26 Å². The first-order valence-corrected chi connectivity index (χ1v) is 12.0. The number of nitrogens with zero attached hydrogens (tertiary/aromatic N) is 6. The molecule has 184 valence electrons. The molecule has 5 rings (SSSR count). The molecule has 0 radical (unpaired) electrons. The Morgan fingerprint density at radius 3 is 2.64 bits per heavy atom. The van der Waals surface area contributed by atoms with E-state index in [1.165, 1.54) is 12.1 Å². The quantitative estimate of drug-likeness (QED) is 0.421. The molecule has 4 heterocycles. The molecule has 0 amide bonds. The lowest BCUT2D eigenvalue weighted by molar-refractivity contribution is 0.112. The average Bonchev–Trinajstić information content (AvgIpc) is 3.42. The van der Waals surface area contributed by atoms with Crippen LogP contribution in [0.3, 0.4) is 0 Å². The SMILES string of the molecule is CC[C@@H]1CN(c2cc(=O)n(C)c3ccc(C#N)nc23)[C@@H](C)CN1C(c1ccc(F)cc1)c1ccon1. The molecule has 36 heavy (non-hydrogen) atoms. The molecule has 0 saturated carbocycles. The van der Waals surface area contributed by atoms with E-state index in [0.717, 1.165) is 23.4 Å². The van der Waals surface area contributed by atoms with Gasteiger partial charge >= 0.3 is 0 Å². The number of hydrogen-bond acceptors (Lipinski definition) is 7. The van der Waals surface area contributed by atoms with E-state index in [4.69, 9.17) is 4.52 Å². The van der Waals surface area contributed by atoms with Crippen LogP contribution in [0.4, 0.5) is 10.1 Å². The first-order chi connectivity index (χ1) is 17.4. The van der Waals surface area contributed by atoms with Crippen LogP contribution in [0.15, 0.2) is 64.1 Å². The van der Waals surface area contributed by atoms with Crippen LogP contribution in [0.2, 0.25) is 0 Å². The van der Waals surface area contributed by atoms with Gasteiger partial charge in [-0.25, -0.2) is 9.37 Å². The van der Waals surface area contributed by atoms with Gasteiger partial charge in [-0.2, -0.15) is 5.26 Å². The van der Waals surface area contributed by atoms with Crippen molar-refractivity contribution in [1.82, 2.24) is 19.6 Å². The minimum Gasteiger partial charge on any atom is -0.364 e. The number of aromatic nitrogens is 3. The molecule has 1 saturated heterocycles. The highest BCUT2D eigenvalue weighted by atomic mass is 19.1. The Hall–Kier alpha value is -4.03. The highest BCUT2D eigenvalue weighted by Gasteiger charge is 2.38. The monoisotopic (exact) mass is 486 g/mol. The van der Waals surface area contributed by atoms with E-state index >= 15 is 0 Å². The zero-order chi connectivity index (χ0) is 25.4. The van der Waals surface area contributed by atoms with E-state index in [-0.39, 0.29) is 29.5 Å². The molecule has 3 atom stereocenters. The lowest BCUT2D eigenvalue weighted by atomic mass is 9.95. The minimum absolute atomic E-state index is 0.0190. The highest BCUT2D eigenvalue weighted by molar-refractivity contribution is 5.89. The van der Waals surface area contributed by atoms with Crippen LogP contribution in [0.25, 0.3) is 11.0 Å². The van der Waals surface area contributed by atoms with Crippen LogP contribution in [0, 0.1) is 17.1 Å². The summed E-state index contributed by atoms with van der Waals surface area (Å²) in [5, 5.41) is 13.7. The van der Waals surface area contributed by atoms with Gasteiger partial charge in [-0.1, -0.05) is 24.2 Å². The summed E-state index contributed by atoms with van der Waals surface area (Å²) < 4.78 is 20.4. The Morgan fingerprint density at radius 1 is 1.19 bits per heavy atom. The minimum atomic E-state index is -0.287. The standard InChI is InChI=1S/C27H27FN6O2/c1-4-21-16-33(24-13-25(35)32(3)23-10-9-20(14-29)30-26(23)24)17(2)15-34(21)27(22-11-12-36-31-22)18-5-7-19(28)8-6-18/h5-13,17,21,27H,4,15-16H2,1-3H3/t17-,21+,27?/m0/s1. The summed E-state index contributed by atoms with van der Waals surface area (Å²) in [4.78, 5) is 22.0. The first kappa shape index (κ1) is 23.7. The molecule has 4 aromatic rings. The van der Waals surface area contributed by atoms with Crippen molar-refractivity contribution in [2.75, 3.05) is 18.0 Å². The number of piperazine rings is 1. The van der Waals surface area contributed by atoms with E-state index in [2.05, 4.69) is 39.9 Å². The maximum Gasteiger partial charge on any atom is 0.252 e. The fourth-order valence-electron chi connectivity index (χ4n) is 5.21. The Kier molecular flexibility index (Phi) is 6.29. The predicted octanol–water partition coefficient (Wildman–Crippen LogP) is 4.01. The van der Waals surface area contributed by atoms with Gasteiger partial charge in [0.1, 0.15) is 35.1 Å². The molecular formula is C27H27FN6O2. The van der Waals surface area contributed by atoms with Crippen LogP contribution in [0.1, 0.15) is 43.3 Å². The Labute approximate surface area is 208 Å². The molecule has 3 aromatic heterocycles. The van der Waals surface area contributed by atoms with Gasteiger partial charge in [-0.05, 0) is 43.2 Å². The van der Waals surface area contributed by atoms with E-state index in [9.17, 15) is 14.4 Å². The molecule has 8 nitrogen and oxygen atoms in total.